The molecule has 18 heavy (non-hydrogen) atoms. The smallest absolute Gasteiger partial charge is 0.146 e. The summed E-state index contributed by atoms with van der Waals surface area (Å²) in [6.07, 6.45) is 2.00. The van der Waals surface area contributed by atoms with Gasteiger partial charge in [0, 0.05) is 19.5 Å². The zero-order chi connectivity index (χ0) is 13.0. The van der Waals surface area contributed by atoms with Crippen LogP contribution in [-0.2, 0) is 10.4 Å². The Morgan fingerprint density at radius 3 is 2.44 bits per heavy atom. The van der Waals surface area contributed by atoms with Crippen LogP contribution in [0.2, 0.25) is 0 Å². The minimum absolute atomic E-state index is 0.278. The molecule has 98 valence electrons. The van der Waals surface area contributed by atoms with Crippen LogP contribution < -0.4 is 0 Å². The Kier molecular flexibility index (Phi) is 4.15. The van der Waals surface area contributed by atoms with Crippen LogP contribution in [0.1, 0.15) is 31.7 Å². The molecule has 1 aromatic carbocycles. The largest absolute Gasteiger partial charge is 0.385 e. The zero-order valence-corrected chi connectivity index (χ0v) is 10.9. The molecule has 0 aromatic heterocycles. The molecule has 0 saturated carbocycles. The van der Waals surface area contributed by atoms with Gasteiger partial charge in [0.25, 0.3) is 0 Å². The molecule has 0 bridgehead atoms. The third-order valence-corrected chi connectivity index (χ3v) is 3.79. The van der Waals surface area contributed by atoms with Gasteiger partial charge >= 0.3 is 0 Å². The first-order chi connectivity index (χ1) is 8.64. The Morgan fingerprint density at radius 1 is 1.28 bits per heavy atom. The summed E-state index contributed by atoms with van der Waals surface area (Å²) in [7, 11) is 0. The lowest BCUT2D eigenvalue weighted by Crippen LogP contribution is -2.44. The fraction of sp³-hybridized carbons (Fsp3) is 0.533. The van der Waals surface area contributed by atoms with Crippen LogP contribution in [-0.4, -0.2) is 35.4 Å². The topological polar surface area (TPSA) is 40.5 Å². The van der Waals surface area contributed by atoms with Crippen molar-refractivity contribution in [3.63, 3.8) is 0 Å². The lowest BCUT2D eigenvalue weighted by molar-refractivity contribution is -0.121. The standard InChI is InChI=1S/C15H21NO2/c1-2-14(17)12-16-10-8-15(18,9-11-16)13-6-4-3-5-7-13/h3-7,18H,2,8-12H2,1H3. The number of aliphatic hydroxyl groups is 1. The van der Waals surface area contributed by atoms with Crippen molar-refractivity contribution in [2.24, 2.45) is 0 Å². The average Bonchev–Trinajstić information content (AvgIpc) is 2.42. The number of hydrogen-bond donors (Lipinski definition) is 1. The van der Waals surface area contributed by atoms with E-state index in [0.717, 1.165) is 18.7 Å². The number of nitrogens with zero attached hydrogens (tertiary/aromatic N) is 1. The van der Waals surface area contributed by atoms with Crippen molar-refractivity contribution >= 4 is 5.78 Å². The maximum Gasteiger partial charge on any atom is 0.146 e. The first kappa shape index (κ1) is 13.2. The lowest BCUT2D eigenvalue weighted by atomic mass is 9.84. The van der Waals surface area contributed by atoms with Crippen LogP contribution in [0.15, 0.2) is 30.3 Å². The quantitative estimate of drug-likeness (QED) is 0.884. The van der Waals surface area contributed by atoms with Gasteiger partial charge in [0.05, 0.1) is 12.1 Å². The van der Waals surface area contributed by atoms with Crippen LogP contribution in [0.25, 0.3) is 0 Å². The first-order valence-corrected chi connectivity index (χ1v) is 6.66. The van der Waals surface area contributed by atoms with Gasteiger partial charge in [0.1, 0.15) is 5.78 Å². The van der Waals surface area contributed by atoms with E-state index in [1.165, 1.54) is 0 Å². The molecular weight excluding hydrogens is 226 g/mol. The van der Waals surface area contributed by atoms with Crippen LogP contribution in [0.4, 0.5) is 0 Å². The molecule has 1 aliphatic heterocycles. The van der Waals surface area contributed by atoms with Crippen LogP contribution in [0.5, 0.6) is 0 Å². The summed E-state index contributed by atoms with van der Waals surface area (Å²) in [5.74, 6) is 0.278. The van der Waals surface area contributed by atoms with Crippen molar-refractivity contribution in [3.8, 4) is 0 Å². The van der Waals surface area contributed by atoms with E-state index in [4.69, 9.17) is 0 Å². The third kappa shape index (κ3) is 2.98. The van der Waals surface area contributed by atoms with Gasteiger partial charge in [-0.1, -0.05) is 37.3 Å². The number of likely N-dealkylation sites (tertiary alicyclic amines) is 1. The Labute approximate surface area is 108 Å². The van der Waals surface area contributed by atoms with E-state index >= 15 is 0 Å². The van der Waals surface area contributed by atoms with Gasteiger partial charge < -0.3 is 5.11 Å². The molecule has 0 unspecified atom stereocenters. The highest BCUT2D eigenvalue weighted by Gasteiger charge is 2.33. The number of rotatable bonds is 4. The van der Waals surface area contributed by atoms with Crippen LogP contribution in [0, 0.1) is 0 Å². The SMILES string of the molecule is CCC(=O)CN1CCC(O)(c2ccccc2)CC1. The minimum atomic E-state index is -0.715. The summed E-state index contributed by atoms with van der Waals surface area (Å²) in [4.78, 5) is 13.5. The highest BCUT2D eigenvalue weighted by Crippen LogP contribution is 2.32. The lowest BCUT2D eigenvalue weighted by Gasteiger charge is -2.38. The highest BCUT2D eigenvalue weighted by atomic mass is 16.3. The van der Waals surface area contributed by atoms with Gasteiger partial charge in [-0.2, -0.15) is 0 Å². The fourth-order valence-electron chi connectivity index (χ4n) is 2.48. The number of hydrogen-bond acceptors (Lipinski definition) is 3. The molecule has 3 nitrogen and oxygen atoms in total. The van der Waals surface area contributed by atoms with E-state index < -0.39 is 5.60 Å². The zero-order valence-electron chi connectivity index (χ0n) is 10.9. The molecule has 0 spiro atoms. The molecule has 1 aliphatic rings. The molecule has 0 aliphatic carbocycles. The molecule has 1 saturated heterocycles. The monoisotopic (exact) mass is 247 g/mol. The minimum Gasteiger partial charge on any atom is -0.385 e. The van der Waals surface area contributed by atoms with E-state index in [2.05, 4.69) is 4.90 Å². The maximum atomic E-state index is 11.4. The van der Waals surface area contributed by atoms with E-state index in [1.54, 1.807) is 0 Å². The van der Waals surface area contributed by atoms with Crippen molar-refractivity contribution in [3.05, 3.63) is 35.9 Å². The number of carbonyl (C=O) groups excluding carboxylic acids is 1. The molecule has 1 fully saturated rings. The van der Waals surface area contributed by atoms with Gasteiger partial charge in [-0.3, -0.25) is 9.69 Å². The number of carbonyl (C=O) groups is 1. The molecule has 1 heterocycles. The Hall–Kier alpha value is -1.19. The van der Waals surface area contributed by atoms with Crippen molar-refractivity contribution in [1.29, 1.82) is 0 Å². The van der Waals surface area contributed by atoms with E-state index in [9.17, 15) is 9.90 Å². The predicted octanol–water partition coefficient (Wildman–Crippen LogP) is 1.95. The van der Waals surface area contributed by atoms with Gasteiger partial charge in [-0.15, -0.1) is 0 Å². The van der Waals surface area contributed by atoms with Gasteiger partial charge in [0.15, 0.2) is 0 Å². The second-order valence-electron chi connectivity index (χ2n) is 5.07. The Morgan fingerprint density at radius 2 is 1.89 bits per heavy atom. The van der Waals surface area contributed by atoms with E-state index in [0.29, 0.717) is 25.8 Å². The number of ketones is 1. The molecule has 0 amide bonds. The molecular formula is C15H21NO2. The second kappa shape index (κ2) is 5.63. The van der Waals surface area contributed by atoms with E-state index in [1.807, 2.05) is 37.3 Å². The molecule has 3 heteroatoms. The van der Waals surface area contributed by atoms with Crippen molar-refractivity contribution in [1.82, 2.24) is 4.90 Å². The van der Waals surface area contributed by atoms with Gasteiger partial charge in [-0.05, 0) is 18.4 Å². The Balaban J connectivity index is 1.95. The van der Waals surface area contributed by atoms with Gasteiger partial charge in [-0.25, -0.2) is 0 Å². The summed E-state index contributed by atoms with van der Waals surface area (Å²) < 4.78 is 0. The summed E-state index contributed by atoms with van der Waals surface area (Å²) in [6, 6.07) is 9.84. The third-order valence-electron chi connectivity index (χ3n) is 3.79. The second-order valence-corrected chi connectivity index (χ2v) is 5.07. The number of Topliss-reactive ketones (excluding diaryl/α,β-unsaturated/α-hetero) is 1. The van der Waals surface area contributed by atoms with Gasteiger partial charge in [0.2, 0.25) is 0 Å². The van der Waals surface area contributed by atoms with E-state index in [-0.39, 0.29) is 5.78 Å². The molecule has 0 radical (unpaired) electrons. The molecule has 1 N–H and O–H groups in total. The summed E-state index contributed by atoms with van der Waals surface area (Å²) in [5.41, 5.74) is 0.277. The Bertz CT molecular complexity index is 394. The van der Waals surface area contributed by atoms with Crippen molar-refractivity contribution in [2.45, 2.75) is 31.8 Å². The summed E-state index contributed by atoms with van der Waals surface area (Å²) >= 11 is 0. The van der Waals surface area contributed by atoms with Crippen LogP contribution >= 0.6 is 0 Å². The number of piperidine rings is 1. The predicted molar refractivity (Wildman–Crippen MR) is 71.3 cm³/mol. The molecule has 1 aromatic rings. The fourth-order valence-corrected chi connectivity index (χ4v) is 2.48. The maximum absolute atomic E-state index is 11.4. The van der Waals surface area contributed by atoms with Crippen molar-refractivity contribution < 1.29 is 9.90 Å². The average molecular weight is 247 g/mol. The molecule has 0 atom stereocenters. The van der Waals surface area contributed by atoms with Crippen LogP contribution in [0.3, 0.4) is 0 Å². The first-order valence-electron chi connectivity index (χ1n) is 6.66. The number of benzene rings is 1. The normalized spacial score (nSPS) is 19.7. The molecule has 2 rings (SSSR count). The van der Waals surface area contributed by atoms with Crippen molar-refractivity contribution in [2.75, 3.05) is 19.6 Å². The highest BCUT2D eigenvalue weighted by molar-refractivity contribution is 5.80. The summed E-state index contributed by atoms with van der Waals surface area (Å²) in [6.45, 7) is 4.00. The summed E-state index contributed by atoms with van der Waals surface area (Å²) in [5, 5.41) is 10.6.